The van der Waals surface area contributed by atoms with Gasteiger partial charge in [-0.1, -0.05) is 18.2 Å². The van der Waals surface area contributed by atoms with E-state index in [1.165, 1.54) is 12.1 Å². The number of fused-ring (bicyclic) bond motifs is 2. The first-order chi connectivity index (χ1) is 8.25. The van der Waals surface area contributed by atoms with Gasteiger partial charge in [-0.15, -0.1) is 0 Å². The molecular formula is C14H9FO2. The molecule has 0 bridgehead atoms. The van der Waals surface area contributed by atoms with Crippen LogP contribution >= 0.6 is 0 Å². The lowest BCUT2D eigenvalue weighted by Crippen LogP contribution is -2.03. The maximum atomic E-state index is 13.2. The van der Waals surface area contributed by atoms with Crippen LogP contribution in [0.15, 0.2) is 42.5 Å². The number of hydrogen-bond donors (Lipinski definition) is 0. The summed E-state index contributed by atoms with van der Waals surface area (Å²) in [4.78, 5) is 12.2. The van der Waals surface area contributed by atoms with Crippen LogP contribution in [-0.2, 0) is 6.61 Å². The Morgan fingerprint density at radius 2 is 1.88 bits per heavy atom. The molecule has 2 aromatic carbocycles. The molecule has 0 amide bonds. The first-order valence-corrected chi connectivity index (χ1v) is 5.30. The van der Waals surface area contributed by atoms with Crippen molar-refractivity contribution in [2.45, 2.75) is 6.61 Å². The Morgan fingerprint density at radius 3 is 2.76 bits per heavy atom. The Hall–Kier alpha value is -2.16. The van der Waals surface area contributed by atoms with Gasteiger partial charge in [0.25, 0.3) is 0 Å². The van der Waals surface area contributed by atoms with Crippen molar-refractivity contribution in [1.82, 2.24) is 0 Å². The zero-order valence-electron chi connectivity index (χ0n) is 8.94. The van der Waals surface area contributed by atoms with Crippen molar-refractivity contribution in [1.29, 1.82) is 0 Å². The summed E-state index contributed by atoms with van der Waals surface area (Å²) in [7, 11) is 0. The normalized spacial score (nSPS) is 13.4. The number of benzene rings is 2. The molecule has 0 spiro atoms. The van der Waals surface area contributed by atoms with Crippen molar-refractivity contribution in [3.05, 3.63) is 65.0 Å². The van der Waals surface area contributed by atoms with Gasteiger partial charge in [0.15, 0.2) is 5.78 Å². The topological polar surface area (TPSA) is 26.3 Å². The number of halogens is 1. The number of ether oxygens (including phenoxy) is 1. The van der Waals surface area contributed by atoms with Gasteiger partial charge in [-0.2, -0.15) is 0 Å². The zero-order valence-corrected chi connectivity index (χ0v) is 8.94. The maximum absolute atomic E-state index is 13.2. The summed E-state index contributed by atoms with van der Waals surface area (Å²) in [6, 6.07) is 11.2. The molecule has 0 aliphatic carbocycles. The Morgan fingerprint density at radius 1 is 1.06 bits per heavy atom. The standard InChI is InChI=1S/C14H9FO2/c15-10-6-5-9-8-17-13-4-2-1-3-11(13)14(16)12(9)7-10/h1-7H,8H2. The molecule has 0 aromatic heterocycles. The van der Waals surface area contributed by atoms with Crippen molar-refractivity contribution < 1.29 is 13.9 Å². The van der Waals surface area contributed by atoms with Gasteiger partial charge in [-0.3, -0.25) is 4.79 Å². The average Bonchev–Trinajstić information content (AvgIpc) is 2.49. The van der Waals surface area contributed by atoms with Gasteiger partial charge in [-0.25, -0.2) is 4.39 Å². The molecule has 0 fully saturated rings. The van der Waals surface area contributed by atoms with Crippen LogP contribution in [-0.4, -0.2) is 5.78 Å². The highest BCUT2D eigenvalue weighted by molar-refractivity contribution is 6.11. The smallest absolute Gasteiger partial charge is 0.197 e. The van der Waals surface area contributed by atoms with Gasteiger partial charge < -0.3 is 4.74 Å². The van der Waals surface area contributed by atoms with Crippen molar-refractivity contribution in [3.63, 3.8) is 0 Å². The van der Waals surface area contributed by atoms with Gasteiger partial charge in [-0.05, 0) is 24.3 Å². The van der Waals surface area contributed by atoms with E-state index in [2.05, 4.69) is 0 Å². The van der Waals surface area contributed by atoms with Crippen molar-refractivity contribution in [3.8, 4) is 5.75 Å². The van der Waals surface area contributed by atoms with E-state index in [-0.39, 0.29) is 5.78 Å². The summed E-state index contributed by atoms with van der Waals surface area (Å²) in [6.07, 6.45) is 0. The minimum atomic E-state index is -0.406. The summed E-state index contributed by atoms with van der Waals surface area (Å²) in [6.45, 7) is 0.290. The van der Waals surface area contributed by atoms with E-state index in [9.17, 15) is 9.18 Å². The number of hydrogen-bond acceptors (Lipinski definition) is 2. The predicted molar refractivity (Wildman–Crippen MR) is 60.6 cm³/mol. The lowest BCUT2D eigenvalue weighted by Gasteiger charge is -2.04. The third-order valence-corrected chi connectivity index (χ3v) is 2.83. The van der Waals surface area contributed by atoms with Crippen LogP contribution in [0.3, 0.4) is 0 Å². The fraction of sp³-hybridized carbons (Fsp3) is 0.0714. The van der Waals surface area contributed by atoms with Gasteiger partial charge >= 0.3 is 0 Å². The molecule has 1 heterocycles. The molecule has 0 saturated carbocycles. The summed E-state index contributed by atoms with van der Waals surface area (Å²) < 4.78 is 18.7. The number of carbonyl (C=O) groups excluding carboxylic acids is 1. The van der Waals surface area contributed by atoms with E-state index in [1.807, 2.05) is 6.07 Å². The van der Waals surface area contributed by atoms with Crippen LogP contribution in [0.5, 0.6) is 5.75 Å². The summed E-state index contributed by atoms with van der Waals surface area (Å²) in [5.41, 5.74) is 1.58. The van der Waals surface area contributed by atoms with Crippen LogP contribution in [0.4, 0.5) is 4.39 Å². The molecule has 2 aromatic rings. The average molecular weight is 228 g/mol. The highest BCUT2D eigenvalue weighted by atomic mass is 19.1. The number of carbonyl (C=O) groups is 1. The first-order valence-electron chi connectivity index (χ1n) is 5.30. The second kappa shape index (κ2) is 3.70. The lowest BCUT2D eigenvalue weighted by atomic mass is 9.99. The van der Waals surface area contributed by atoms with E-state index in [1.54, 1.807) is 24.3 Å². The minimum Gasteiger partial charge on any atom is -0.488 e. The van der Waals surface area contributed by atoms with Crippen LogP contribution in [0.2, 0.25) is 0 Å². The van der Waals surface area contributed by atoms with Crippen LogP contribution < -0.4 is 4.74 Å². The molecule has 0 radical (unpaired) electrons. The van der Waals surface area contributed by atoms with Crippen LogP contribution in [0.1, 0.15) is 21.5 Å². The minimum absolute atomic E-state index is 0.187. The third-order valence-electron chi connectivity index (χ3n) is 2.83. The molecule has 84 valence electrons. The summed E-state index contributed by atoms with van der Waals surface area (Å²) in [5.74, 6) is -0.0433. The maximum Gasteiger partial charge on any atom is 0.197 e. The van der Waals surface area contributed by atoms with Gasteiger partial charge in [0.05, 0.1) is 5.56 Å². The molecule has 3 rings (SSSR count). The van der Waals surface area contributed by atoms with E-state index in [0.29, 0.717) is 29.0 Å². The number of ketones is 1. The largest absolute Gasteiger partial charge is 0.488 e. The molecular weight excluding hydrogens is 219 g/mol. The van der Waals surface area contributed by atoms with E-state index < -0.39 is 5.82 Å². The molecule has 0 N–H and O–H groups in total. The monoisotopic (exact) mass is 228 g/mol. The molecule has 1 aliphatic rings. The second-order valence-corrected chi connectivity index (χ2v) is 3.92. The quantitative estimate of drug-likeness (QED) is 0.693. The van der Waals surface area contributed by atoms with Gasteiger partial charge in [0.1, 0.15) is 18.2 Å². The molecule has 2 nitrogen and oxygen atoms in total. The molecule has 17 heavy (non-hydrogen) atoms. The number of rotatable bonds is 0. The predicted octanol–water partition coefficient (Wildman–Crippen LogP) is 2.95. The molecule has 0 atom stereocenters. The van der Waals surface area contributed by atoms with Crippen molar-refractivity contribution >= 4 is 5.78 Å². The van der Waals surface area contributed by atoms with E-state index in [4.69, 9.17) is 4.74 Å². The zero-order chi connectivity index (χ0) is 11.8. The molecule has 0 unspecified atom stereocenters. The molecule has 1 aliphatic heterocycles. The second-order valence-electron chi connectivity index (χ2n) is 3.92. The van der Waals surface area contributed by atoms with E-state index >= 15 is 0 Å². The Labute approximate surface area is 97.7 Å². The lowest BCUT2D eigenvalue weighted by molar-refractivity contribution is 0.103. The fourth-order valence-corrected chi connectivity index (χ4v) is 1.97. The Bertz CT molecular complexity index is 605. The summed E-state index contributed by atoms with van der Waals surface area (Å²) >= 11 is 0. The Kier molecular flexibility index (Phi) is 2.18. The third kappa shape index (κ3) is 1.60. The van der Waals surface area contributed by atoms with Crippen molar-refractivity contribution in [2.24, 2.45) is 0 Å². The fourth-order valence-electron chi connectivity index (χ4n) is 1.97. The van der Waals surface area contributed by atoms with Crippen molar-refractivity contribution in [2.75, 3.05) is 0 Å². The Balaban J connectivity index is 2.22. The van der Waals surface area contributed by atoms with E-state index in [0.717, 1.165) is 0 Å². The number of para-hydroxylation sites is 1. The SMILES string of the molecule is O=C1c2cc(F)ccc2COc2ccccc21. The highest BCUT2D eigenvalue weighted by Gasteiger charge is 2.21. The summed E-state index contributed by atoms with van der Waals surface area (Å²) in [5, 5.41) is 0. The molecule has 3 heteroatoms. The van der Waals surface area contributed by atoms with Gasteiger partial charge in [0, 0.05) is 11.1 Å². The first kappa shape index (κ1) is 10.0. The highest BCUT2D eigenvalue weighted by Crippen LogP contribution is 2.28. The molecule has 0 saturated heterocycles. The van der Waals surface area contributed by atoms with Crippen LogP contribution in [0.25, 0.3) is 0 Å². The van der Waals surface area contributed by atoms with Crippen LogP contribution in [0, 0.1) is 5.82 Å². The van der Waals surface area contributed by atoms with Gasteiger partial charge in [0.2, 0.25) is 0 Å².